The van der Waals surface area contributed by atoms with Gasteiger partial charge in [0.1, 0.15) is 18.1 Å². The summed E-state index contributed by atoms with van der Waals surface area (Å²) in [5.74, 6) is -3.16. The third-order valence-corrected chi connectivity index (χ3v) is 5.70. The number of aliphatic imine (C=N–C) groups is 2. The number of hydrogen-bond acceptors (Lipinski definition) is 8. The second kappa shape index (κ2) is 16.4. The first-order valence-corrected chi connectivity index (χ1v) is 12.3. The van der Waals surface area contributed by atoms with Crippen LogP contribution in [0.4, 0.5) is 0 Å². The van der Waals surface area contributed by atoms with Gasteiger partial charge in [0, 0.05) is 18.8 Å². The second-order valence-corrected chi connectivity index (χ2v) is 8.62. The molecule has 0 aromatic heterocycles. The molecule has 3 amide bonds. The van der Waals surface area contributed by atoms with Crippen LogP contribution in [-0.4, -0.2) is 90.3 Å². The van der Waals surface area contributed by atoms with E-state index in [1.54, 1.807) is 0 Å². The van der Waals surface area contributed by atoms with E-state index < -0.39 is 42.0 Å². The van der Waals surface area contributed by atoms with Crippen molar-refractivity contribution in [3.05, 3.63) is 0 Å². The molecule has 204 valence electrons. The average molecular weight is 531 g/mol. The van der Waals surface area contributed by atoms with Gasteiger partial charge in [-0.15, -0.1) is 0 Å². The fraction of sp³-hybridized carbons (Fsp3) is 0.700. The molecule has 1 fully saturated rings. The lowest BCUT2D eigenvalue weighted by Gasteiger charge is -2.24. The Kier molecular flexibility index (Phi) is 14.0. The first kappa shape index (κ1) is 30.8. The Morgan fingerprint density at radius 3 is 1.89 bits per heavy atom. The van der Waals surface area contributed by atoms with Crippen molar-refractivity contribution < 1.29 is 24.3 Å². The zero-order chi connectivity index (χ0) is 27.1. The molecule has 16 heteroatoms. The number of carbonyl (C=O) groups excluding carboxylic acids is 3. The minimum absolute atomic E-state index is 0.00479. The van der Waals surface area contributed by atoms with Gasteiger partial charge in [-0.3, -0.25) is 24.4 Å². The van der Waals surface area contributed by atoms with Gasteiger partial charge in [-0.25, -0.2) is 4.79 Å². The van der Waals surface area contributed by atoms with Gasteiger partial charge >= 0.3 is 5.97 Å². The molecule has 0 bridgehead atoms. The number of nitrogens with two attached hydrogens (primary N) is 4. The van der Waals surface area contributed by atoms with Crippen LogP contribution in [0.25, 0.3) is 0 Å². The minimum atomic E-state index is -1.25. The summed E-state index contributed by atoms with van der Waals surface area (Å²) >= 11 is 4.15. The van der Waals surface area contributed by atoms with Crippen molar-refractivity contribution in [3.63, 3.8) is 0 Å². The number of nitrogens with zero attached hydrogens (tertiary/aromatic N) is 2. The fourth-order valence-corrected chi connectivity index (χ4v) is 3.71. The van der Waals surface area contributed by atoms with E-state index in [2.05, 4.69) is 43.9 Å². The standard InChI is InChI=1S/C20H38N10O5S/c21-19(22)26-8-2-5-12(16(32)29-13(18(34)35)6-3-9-27-20(23)24)28-17(33)14(10-36)30-15(31)11-4-1-7-25-11/h11-14,25,36H,1-10H2,(H,28,33)(H,29,32)(H,30,31)(H,34,35)(H4,21,22,26)(H4,23,24,27). The monoisotopic (exact) mass is 530 g/mol. The van der Waals surface area contributed by atoms with Crippen LogP contribution in [0.3, 0.4) is 0 Å². The molecule has 13 N–H and O–H groups in total. The van der Waals surface area contributed by atoms with Crippen LogP contribution in [0.15, 0.2) is 9.98 Å². The lowest BCUT2D eigenvalue weighted by molar-refractivity contribution is -0.142. The van der Waals surface area contributed by atoms with E-state index in [1.807, 2.05) is 0 Å². The topological polar surface area (TPSA) is 265 Å². The van der Waals surface area contributed by atoms with Gasteiger partial charge in [0.25, 0.3) is 0 Å². The normalized spacial score (nSPS) is 17.2. The van der Waals surface area contributed by atoms with E-state index in [0.29, 0.717) is 25.8 Å². The molecular weight excluding hydrogens is 492 g/mol. The SMILES string of the molecule is NC(N)=NCCCC(NC(=O)C(CCCN=C(N)N)NC(=O)C(CS)NC(=O)C1CCCN1)C(=O)O. The number of carboxylic acids is 1. The number of thiol groups is 1. The van der Waals surface area contributed by atoms with E-state index in [4.69, 9.17) is 22.9 Å². The van der Waals surface area contributed by atoms with Crippen LogP contribution >= 0.6 is 12.6 Å². The number of hydrogen-bond donors (Lipinski definition) is 10. The van der Waals surface area contributed by atoms with Crippen LogP contribution < -0.4 is 44.2 Å². The van der Waals surface area contributed by atoms with Crippen molar-refractivity contribution >= 4 is 48.2 Å². The fourth-order valence-electron chi connectivity index (χ4n) is 3.45. The van der Waals surface area contributed by atoms with Gasteiger partial charge in [0.2, 0.25) is 17.7 Å². The number of rotatable bonds is 16. The second-order valence-electron chi connectivity index (χ2n) is 8.25. The van der Waals surface area contributed by atoms with Gasteiger partial charge in [0.15, 0.2) is 11.9 Å². The van der Waals surface area contributed by atoms with Crippen molar-refractivity contribution in [1.29, 1.82) is 0 Å². The molecule has 1 aliphatic heterocycles. The maximum atomic E-state index is 12.9. The van der Waals surface area contributed by atoms with E-state index >= 15 is 0 Å². The molecule has 1 rings (SSSR count). The first-order valence-electron chi connectivity index (χ1n) is 11.6. The van der Waals surface area contributed by atoms with Crippen LogP contribution in [0.1, 0.15) is 38.5 Å². The number of guanidine groups is 2. The zero-order valence-electron chi connectivity index (χ0n) is 20.1. The number of amides is 3. The van der Waals surface area contributed by atoms with E-state index in [-0.39, 0.29) is 49.5 Å². The number of carboxylic acid groups (broad SMARTS) is 1. The Bertz CT molecular complexity index is 811. The molecule has 0 aromatic carbocycles. The maximum absolute atomic E-state index is 12.9. The Labute approximate surface area is 215 Å². The molecule has 4 atom stereocenters. The molecule has 0 radical (unpaired) electrons. The average Bonchev–Trinajstić information content (AvgIpc) is 3.35. The van der Waals surface area contributed by atoms with Crippen LogP contribution in [-0.2, 0) is 19.2 Å². The lowest BCUT2D eigenvalue weighted by Crippen LogP contribution is -2.57. The Morgan fingerprint density at radius 2 is 1.42 bits per heavy atom. The highest BCUT2D eigenvalue weighted by Crippen LogP contribution is 2.07. The smallest absolute Gasteiger partial charge is 0.326 e. The molecule has 0 aromatic rings. The van der Waals surface area contributed by atoms with E-state index in [0.717, 1.165) is 6.42 Å². The summed E-state index contributed by atoms with van der Waals surface area (Å²) in [7, 11) is 0. The summed E-state index contributed by atoms with van der Waals surface area (Å²) < 4.78 is 0. The van der Waals surface area contributed by atoms with Crippen molar-refractivity contribution in [1.82, 2.24) is 21.3 Å². The van der Waals surface area contributed by atoms with Crippen molar-refractivity contribution in [2.75, 3.05) is 25.4 Å². The Balaban J connectivity index is 2.85. The van der Waals surface area contributed by atoms with Crippen LogP contribution in [0, 0.1) is 0 Å². The molecular formula is C20H38N10O5S. The van der Waals surface area contributed by atoms with Crippen molar-refractivity contribution in [2.24, 2.45) is 32.9 Å². The molecule has 1 aliphatic rings. The van der Waals surface area contributed by atoms with Gasteiger partial charge < -0.3 is 49.3 Å². The summed E-state index contributed by atoms with van der Waals surface area (Å²) in [4.78, 5) is 57.5. The Hall–Kier alpha value is -3.27. The van der Waals surface area contributed by atoms with E-state index in [1.165, 1.54) is 0 Å². The molecule has 0 saturated carbocycles. The number of carbonyl (C=O) groups is 4. The number of nitrogens with one attached hydrogen (secondary N) is 4. The molecule has 36 heavy (non-hydrogen) atoms. The Morgan fingerprint density at radius 1 is 0.889 bits per heavy atom. The minimum Gasteiger partial charge on any atom is -0.480 e. The van der Waals surface area contributed by atoms with Gasteiger partial charge in [0.05, 0.1) is 6.04 Å². The summed E-state index contributed by atoms with van der Waals surface area (Å²) in [5, 5.41) is 20.2. The highest BCUT2D eigenvalue weighted by Gasteiger charge is 2.30. The van der Waals surface area contributed by atoms with Crippen LogP contribution in [0.5, 0.6) is 0 Å². The predicted octanol–water partition coefficient (Wildman–Crippen LogP) is -3.69. The summed E-state index contributed by atoms with van der Waals surface area (Å²) in [6.07, 6.45) is 2.32. The van der Waals surface area contributed by atoms with Crippen molar-refractivity contribution in [3.8, 4) is 0 Å². The molecule has 15 nitrogen and oxygen atoms in total. The lowest BCUT2D eigenvalue weighted by atomic mass is 10.1. The quantitative estimate of drug-likeness (QED) is 0.0404. The largest absolute Gasteiger partial charge is 0.480 e. The third kappa shape index (κ3) is 11.9. The highest BCUT2D eigenvalue weighted by atomic mass is 32.1. The van der Waals surface area contributed by atoms with Crippen LogP contribution in [0.2, 0.25) is 0 Å². The molecule has 1 saturated heterocycles. The third-order valence-electron chi connectivity index (χ3n) is 5.33. The molecule has 0 spiro atoms. The zero-order valence-corrected chi connectivity index (χ0v) is 21.0. The van der Waals surface area contributed by atoms with E-state index in [9.17, 15) is 24.3 Å². The summed E-state index contributed by atoms with van der Waals surface area (Å²) in [6, 6.07) is -3.71. The highest BCUT2D eigenvalue weighted by molar-refractivity contribution is 7.80. The summed E-state index contributed by atoms with van der Waals surface area (Å²) in [6.45, 7) is 1.10. The summed E-state index contributed by atoms with van der Waals surface area (Å²) in [5.41, 5.74) is 21.1. The number of aliphatic carboxylic acids is 1. The van der Waals surface area contributed by atoms with Gasteiger partial charge in [-0.05, 0) is 45.1 Å². The van der Waals surface area contributed by atoms with Crippen molar-refractivity contribution in [2.45, 2.75) is 62.7 Å². The predicted molar refractivity (Wildman–Crippen MR) is 138 cm³/mol. The molecule has 4 unspecified atom stereocenters. The molecule has 1 heterocycles. The maximum Gasteiger partial charge on any atom is 0.326 e. The molecule has 0 aliphatic carbocycles. The first-order chi connectivity index (χ1) is 17.0. The van der Waals surface area contributed by atoms with Gasteiger partial charge in [-0.2, -0.15) is 12.6 Å². The van der Waals surface area contributed by atoms with Gasteiger partial charge in [-0.1, -0.05) is 0 Å².